The van der Waals surface area contributed by atoms with E-state index in [1.165, 1.54) is 0 Å². The Bertz CT molecular complexity index is 976. The van der Waals surface area contributed by atoms with Crippen LogP contribution in [-0.2, 0) is 9.53 Å². The molecule has 0 radical (unpaired) electrons. The molecule has 0 fully saturated rings. The van der Waals surface area contributed by atoms with Gasteiger partial charge < -0.3 is 29.7 Å². The number of allylic oxidation sites excluding steroid dienone is 1. The van der Waals surface area contributed by atoms with Crippen molar-refractivity contribution >= 4 is 40.3 Å². The number of thiocarbonyl (C=S) groups is 1. The van der Waals surface area contributed by atoms with Crippen LogP contribution in [0.3, 0.4) is 0 Å². The van der Waals surface area contributed by atoms with E-state index >= 15 is 0 Å². The lowest BCUT2D eigenvalue weighted by molar-refractivity contribution is -0.113. The molecular weight excluding hydrogens is 446 g/mol. The minimum Gasteiger partial charge on any atom is -0.497 e. The van der Waals surface area contributed by atoms with E-state index in [4.69, 9.17) is 26.4 Å². The van der Waals surface area contributed by atoms with E-state index in [2.05, 4.69) is 10.6 Å². The van der Waals surface area contributed by atoms with Crippen LogP contribution in [0.4, 0.5) is 5.69 Å². The van der Waals surface area contributed by atoms with Crippen molar-refractivity contribution < 1.29 is 19.0 Å². The van der Waals surface area contributed by atoms with Crippen LogP contribution in [0, 0.1) is 0 Å². The number of amides is 1. The molecule has 2 N–H and O–H groups in total. The van der Waals surface area contributed by atoms with Crippen LogP contribution in [0.5, 0.6) is 11.5 Å². The highest BCUT2D eigenvalue weighted by Gasteiger charge is 2.34. The fraction of sp³-hybridized carbons (Fsp3) is 0.391. The molecule has 172 valence electrons. The lowest BCUT2D eigenvalue weighted by Gasteiger charge is -2.37. The first-order valence-corrected chi connectivity index (χ1v) is 11.8. The van der Waals surface area contributed by atoms with Crippen LogP contribution in [-0.4, -0.2) is 49.9 Å². The number of hydrogen-bond donors (Lipinski definition) is 2. The first-order chi connectivity index (χ1) is 15.5. The van der Waals surface area contributed by atoms with Crippen molar-refractivity contribution in [3.8, 4) is 11.5 Å². The summed E-state index contributed by atoms with van der Waals surface area (Å²) in [7, 11) is 3.15. The number of nitrogens with zero attached hydrogens (tertiary/aromatic N) is 1. The summed E-state index contributed by atoms with van der Waals surface area (Å²) in [4.78, 5) is 15.5. The summed E-state index contributed by atoms with van der Waals surface area (Å²) in [5, 5.41) is 11.0. The van der Waals surface area contributed by atoms with Crippen LogP contribution in [0.1, 0.15) is 31.9 Å². The third-order valence-electron chi connectivity index (χ3n) is 5.25. The largest absolute Gasteiger partial charge is 0.497 e. The first kappa shape index (κ1) is 24.0. The summed E-state index contributed by atoms with van der Waals surface area (Å²) in [6.45, 7) is 5.89. The molecule has 0 saturated carbocycles. The second-order valence-electron chi connectivity index (χ2n) is 7.16. The van der Waals surface area contributed by atoms with Gasteiger partial charge in [-0.2, -0.15) is 11.3 Å². The van der Waals surface area contributed by atoms with E-state index in [1.54, 1.807) is 43.8 Å². The van der Waals surface area contributed by atoms with Crippen molar-refractivity contribution in [1.82, 2.24) is 10.2 Å². The van der Waals surface area contributed by atoms with Gasteiger partial charge >= 0.3 is 0 Å². The summed E-state index contributed by atoms with van der Waals surface area (Å²) in [5.74, 6) is 0.958. The first-order valence-electron chi connectivity index (χ1n) is 10.4. The SMILES string of the molecule is CCOCCCN1C(=S)NC(c2ccsc2)C(C(=O)Nc2ccc(OC)cc2OC)=C1C. The highest BCUT2D eigenvalue weighted by Crippen LogP contribution is 2.34. The van der Waals surface area contributed by atoms with E-state index in [0.717, 1.165) is 17.7 Å². The van der Waals surface area contributed by atoms with Gasteiger partial charge in [-0.15, -0.1) is 0 Å². The molecule has 1 aromatic carbocycles. The number of methoxy groups -OCH3 is 2. The molecule has 9 heteroatoms. The minimum atomic E-state index is -0.332. The fourth-order valence-corrected chi connectivity index (χ4v) is 4.63. The molecule has 1 amide bonds. The molecule has 1 aliphatic rings. The van der Waals surface area contributed by atoms with Gasteiger partial charge in [0, 0.05) is 31.5 Å². The van der Waals surface area contributed by atoms with Crippen LogP contribution in [0.2, 0.25) is 0 Å². The molecule has 0 saturated heterocycles. The maximum absolute atomic E-state index is 13.5. The molecule has 0 spiro atoms. The van der Waals surface area contributed by atoms with Gasteiger partial charge in [0.2, 0.25) is 0 Å². The van der Waals surface area contributed by atoms with Gasteiger partial charge in [0.15, 0.2) is 5.11 Å². The average Bonchev–Trinajstić information content (AvgIpc) is 3.33. The van der Waals surface area contributed by atoms with Gasteiger partial charge in [0.1, 0.15) is 11.5 Å². The Morgan fingerprint density at radius 2 is 2.09 bits per heavy atom. The molecule has 7 nitrogen and oxygen atoms in total. The molecule has 3 rings (SSSR count). The Morgan fingerprint density at radius 1 is 1.28 bits per heavy atom. The summed E-state index contributed by atoms with van der Waals surface area (Å²) < 4.78 is 16.2. The van der Waals surface area contributed by atoms with E-state index in [9.17, 15) is 4.79 Å². The highest BCUT2D eigenvalue weighted by molar-refractivity contribution is 7.80. The zero-order chi connectivity index (χ0) is 23.1. The molecular formula is C23H29N3O4S2. The van der Waals surface area contributed by atoms with E-state index < -0.39 is 0 Å². The van der Waals surface area contributed by atoms with Crippen molar-refractivity contribution in [2.45, 2.75) is 26.3 Å². The van der Waals surface area contributed by atoms with E-state index in [-0.39, 0.29) is 11.9 Å². The summed E-state index contributed by atoms with van der Waals surface area (Å²) >= 11 is 7.23. The number of nitrogens with one attached hydrogen (secondary N) is 2. The van der Waals surface area contributed by atoms with Crippen LogP contribution in [0.25, 0.3) is 0 Å². The number of ether oxygens (including phenoxy) is 3. The number of hydrogen-bond acceptors (Lipinski definition) is 6. The molecule has 1 aromatic heterocycles. The second-order valence-corrected chi connectivity index (χ2v) is 8.33. The quantitative estimate of drug-likeness (QED) is 0.391. The van der Waals surface area contributed by atoms with Gasteiger partial charge in [-0.05, 0) is 67.0 Å². The minimum absolute atomic E-state index is 0.216. The summed E-state index contributed by atoms with van der Waals surface area (Å²) in [5.41, 5.74) is 3.01. The van der Waals surface area contributed by atoms with Crippen molar-refractivity contribution in [3.63, 3.8) is 0 Å². The maximum Gasteiger partial charge on any atom is 0.255 e. The number of carbonyl (C=O) groups excluding carboxylic acids is 1. The molecule has 0 bridgehead atoms. The molecule has 2 aromatic rings. The standard InChI is InChI=1S/C23H29N3O4S2/c1-5-30-11-6-10-26-15(2)20(21(25-23(26)31)16-9-12-32-14-16)22(27)24-18-8-7-17(28-3)13-19(18)29-4/h7-9,12-14,21H,5-6,10-11H2,1-4H3,(H,24,27)(H,25,31). The molecule has 32 heavy (non-hydrogen) atoms. The lowest BCUT2D eigenvalue weighted by Crippen LogP contribution is -2.48. The normalized spacial score (nSPS) is 16.1. The van der Waals surface area contributed by atoms with Crippen LogP contribution in [0.15, 0.2) is 46.3 Å². The molecule has 1 atom stereocenters. The van der Waals surface area contributed by atoms with Gasteiger partial charge in [0.25, 0.3) is 5.91 Å². The third-order valence-corrected chi connectivity index (χ3v) is 6.29. The Kier molecular flexibility index (Phi) is 8.49. The van der Waals surface area contributed by atoms with Crippen molar-refractivity contribution in [3.05, 3.63) is 51.9 Å². The van der Waals surface area contributed by atoms with Crippen molar-refractivity contribution in [2.24, 2.45) is 0 Å². The highest BCUT2D eigenvalue weighted by atomic mass is 32.1. The summed E-state index contributed by atoms with van der Waals surface area (Å²) in [6.07, 6.45) is 0.803. The number of anilines is 1. The van der Waals surface area contributed by atoms with Gasteiger partial charge in [0.05, 0.1) is 31.5 Å². The average molecular weight is 476 g/mol. The Balaban J connectivity index is 1.92. The zero-order valence-corrected chi connectivity index (χ0v) is 20.4. The lowest BCUT2D eigenvalue weighted by atomic mass is 9.96. The Labute approximate surface area is 198 Å². The smallest absolute Gasteiger partial charge is 0.255 e. The molecule has 2 heterocycles. The number of rotatable bonds is 10. The topological polar surface area (TPSA) is 72.1 Å². The monoisotopic (exact) mass is 475 g/mol. The molecule has 0 aliphatic carbocycles. The third kappa shape index (κ3) is 5.40. The number of thiophene rings is 1. The van der Waals surface area contributed by atoms with Crippen molar-refractivity contribution in [2.75, 3.05) is 39.3 Å². The van der Waals surface area contributed by atoms with E-state index in [0.29, 0.717) is 47.6 Å². The molecule has 1 aliphatic heterocycles. The Morgan fingerprint density at radius 3 is 2.75 bits per heavy atom. The van der Waals surface area contributed by atoms with Gasteiger partial charge in [-0.1, -0.05) is 0 Å². The maximum atomic E-state index is 13.5. The van der Waals surface area contributed by atoms with E-state index in [1.807, 2.05) is 35.6 Å². The summed E-state index contributed by atoms with van der Waals surface area (Å²) in [6, 6.07) is 6.96. The number of benzene rings is 1. The Hall–Kier alpha value is -2.62. The fourth-order valence-electron chi connectivity index (χ4n) is 3.59. The van der Waals surface area contributed by atoms with Crippen LogP contribution < -0.4 is 20.1 Å². The van der Waals surface area contributed by atoms with Gasteiger partial charge in [-0.25, -0.2) is 0 Å². The van der Waals surface area contributed by atoms with Gasteiger partial charge in [-0.3, -0.25) is 4.79 Å². The van der Waals surface area contributed by atoms with Crippen molar-refractivity contribution in [1.29, 1.82) is 0 Å². The van der Waals surface area contributed by atoms with Crippen LogP contribution >= 0.6 is 23.6 Å². The predicted molar refractivity (Wildman–Crippen MR) is 131 cm³/mol. The predicted octanol–water partition coefficient (Wildman–Crippen LogP) is 4.34. The zero-order valence-electron chi connectivity index (χ0n) is 18.8. The number of carbonyl (C=O) groups is 1. The second kappa shape index (κ2) is 11.3. The molecule has 1 unspecified atom stereocenters.